The molecule has 1 N–H and O–H groups in total. The summed E-state index contributed by atoms with van der Waals surface area (Å²) in [6.07, 6.45) is 0. The molecule has 2 aromatic carbocycles. The van der Waals surface area contributed by atoms with Gasteiger partial charge < -0.3 is 5.11 Å². The molecule has 1 nitrogen and oxygen atoms in total. The van der Waals surface area contributed by atoms with E-state index in [0.29, 0.717) is 0 Å². The molecule has 2 aromatic rings. The minimum Gasteiger partial charge on any atom is -0.507 e. The lowest BCUT2D eigenvalue weighted by Gasteiger charge is -2.07. The van der Waals surface area contributed by atoms with Crippen molar-refractivity contribution in [3.05, 3.63) is 48.5 Å². The Labute approximate surface area is 97.2 Å². The summed E-state index contributed by atoms with van der Waals surface area (Å²) in [4.78, 5) is 0.945. The van der Waals surface area contributed by atoms with E-state index in [1.807, 2.05) is 36.4 Å². The quantitative estimate of drug-likeness (QED) is 0.839. The van der Waals surface area contributed by atoms with Crippen LogP contribution in [-0.2, 0) is 0 Å². The van der Waals surface area contributed by atoms with Gasteiger partial charge in [0, 0.05) is 16.0 Å². The largest absolute Gasteiger partial charge is 0.507 e. The van der Waals surface area contributed by atoms with Crippen molar-refractivity contribution in [1.82, 2.24) is 0 Å². The Hall–Kier alpha value is -1.12. The van der Waals surface area contributed by atoms with E-state index in [0.717, 1.165) is 27.0 Å². The van der Waals surface area contributed by atoms with Crippen LogP contribution in [0.5, 0.6) is 5.75 Å². The third-order valence-electron chi connectivity index (χ3n) is 2.16. The second-order valence-corrected chi connectivity index (χ2v) is 4.15. The van der Waals surface area contributed by atoms with Gasteiger partial charge in [-0.25, -0.2) is 0 Å². The van der Waals surface area contributed by atoms with E-state index in [1.54, 1.807) is 12.1 Å². The van der Waals surface area contributed by atoms with Crippen molar-refractivity contribution in [3.63, 3.8) is 0 Å². The third-order valence-corrected chi connectivity index (χ3v) is 3.19. The first-order chi connectivity index (χ1) is 7.33. The average molecular weight is 237 g/mol. The van der Waals surface area contributed by atoms with Crippen LogP contribution in [0.15, 0.2) is 53.4 Å². The molecular formula is C12H9ClOS. The van der Waals surface area contributed by atoms with Crippen molar-refractivity contribution in [2.24, 2.45) is 0 Å². The highest BCUT2D eigenvalue weighted by Crippen LogP contribution is 2.37. The molecule has 0 aliphatic carbocycles. The van der Waals surface area contributed by atoms with Crippen molar-refractivity contribution < 1.29 is 5.11 Å². The normalized spacial score (nSPS) is 10.2. The SMILES string of the molecule is Oc1ccccc1-c1ccccc1SCl. The lowest BCUT2D eigenvalue weighted by molar-refractivity contribution is 0.477. The van der Waals surface area contributed by atoms with Gasteiger partial charge in [-0.1, -0.05) is 36.4 Å². The maximum Gasteiger partial charge on any atom is 0.123 e. The minimum absolute atomic E-state index is 0.274. The lowest BCUT2D eigenvalue weighted by Crippen LogP contribution is -1.81. The first kappa shape index (κ1) is 10.4. The van der Waals surface area contributed by atoms with Crippen LogP contribution in [0, 0.1) is 0 Å². The second-order valence-electron chi connectivity index (χ2n) is 3.09. The van der Waals surface area contributed by atoms with Crippen LogP contribution in [0.4, 0.5) is 0 Å². The predicted molar refractivity (Wildman–Crippen MR) is 65.3 cm³/mol. The first-order valence-electron chi connectivity index (χ1n) is 4.49. The van der Waals surface area contributed by atoms with Crippen LogP contribution < -0.4 is 0 Å². The number of phenolic OH excluding ortho intramolecular Hbond substituents is 1. The number of benzene rings is 2. The van der Waals surface area contributed by atoms with E-state index in [9.17, 15) is 5.11 Å². The zero-order valence-electron chi connectivity index (χ0n) is 7.85. The van der Waals surface area contributed by atoms with Crippen LogP contribution >= 0.6 is 21.7 Å². The molecule has 3 heteroatoms. The molecule has 0 atom stereocenters. The third kappa shape index (κ3) is 2.11. The molecule has 0 aromatic heterocycles. The van der Waals surface area contributed by atoms with Crippen LogP contribution in [0.25, 0.3) is 11.1 Å². The standard InChI is InChI=1S/C12H9ClOS/c13-15-12-8-4-2-6-10(12)9-5-1-3-7-11(9)14/h1-8,14H. The Bertz CT molecular complexity index is 471. The summed E-state index contributed by atoms with van der Waals surface area (Å²) in [6, 6.07) is 15.0. The van der Waals surface area contributed by atoms with Crippen molar-refractivity contribution in [1.29, 1.82) is 0 Å². The summed E-state index contributed by atoms with van der Waals surface area (Å²) in [7, 11) is 6.93. The molecule has 15 heavy (non-hydrogen) atoms. The molecule has 0 spiro atoms. The maximum absolute atomic E-state index is 9.73. The molecule has 76 valence electrons. The molecule has 0 aliphatic heterocycles. The molecule has 0 saturated heterocycles. The summed E-state index contributed by atoms with van der Waals surface area (Å²) in [6.45, 7) is 0. The summed E-state index contributed by atoms with van der Waals surface area (Å²) in [5.41, 5.74) is 1.76. The topological polar surface area (TPSA) is 20.2 Å². The smallest absolute Gasteiger partial charge is 0.123 e. The Kier molecular flexibility index (Phi) is 3.19. The maximum atomic E-state index is 9.73. The van der Waals surface area contributed by atoms with Gasteiger partial charge >= 0.3 is 0 Å². The van der Waals surface area contributed by atoms with Gasteiger partial charge in [-0.2, -0.15) is 0 Å². The van der Waals surface area contributed by atoms with Gasteiger partial charge in [-0.05, 0) is 33.8 Å². The fourth-order valence-electron chi connectivity index (χ4n) is 1.46. The van der Waals surface area contributed by atoms with Gasteiger partial charge in [-0.3, -0.25) is 0 Å². The zero-order chi connectivity index (χ0) is 10.7. The zero-order valence-corrected chi connectivity index (χ0v) is 9.42. The minimum atomic E-state index is 0.274. The number of phenols is 1. The Morgan fingerprint density at radius 2 is 1.47 bits per heavy atom. The summed E-state index contributed by atoms with van der Waals surface area (Å²) < 4.78 is 0. The molecule has 0 aliphatic rings. The number of rotatable bonds is 2. The van der Waals surface area contributed by atoms with Gasteiger partial charge in [-0.15, -0.1) is 0 Å². The van der Waals surface area contributed by atoms with Crippen LogP contribution in [0.1, 0.15) is 0 Å². The van der Waals surface area contributed by atoms with Crippen molar-refractivity contribution >= 4 is 21.7 Å². The molecule has 2 rings (SSSR count). The Morgan fingerprint density at radius 1 is 0.867 bits per heavy atom. The van der Waals surface area contributed by atoms with E-state index in [4.69, 9.17) is 10.7 Å². The van der Waals surface area contributed by atoms with Gasteiger partial charge in [0.25, 0.3) is 0 Å². The van der Waals surface area contributed by atoms with Crippen molar-refractivity contribution in [2.45, 2.75) is 4.90 Å². The lowest BCUT2D eigenvalue weighted by atomic mass is 10.1. The van der Waals surface area contributed by atoms with E-state index in [1.165, 1.54) is 0 Å². The summed E-state index contributed by atoms with van der Waals surface area (Å²) >= 11 is 0. The highest BCUT2D eigenvalue weighted by atomic mass is 35.7. The Balaban J connectivity index is 2.59. The van der Waals surface area contributed by atoms with Gasteiger partial charge in [0.05, 0.1) is 0 Å². The number of hydrogen-bond donors (Lipinski definition) is 1. The number of hydrogen-bond acceptors (Lipinski definition) is 2. The molecule has 0 fully saturated rings. The molecular weight excluding hydrogens is 228 g/mol. The van der Waals surface area contributed by atoms with Gasteiger partial charge in [0.2, 0.25) is 0 Å². The Morgan fingerprint density at radius 3 is 2.13 bits per heavy atom. The predicted octanol–water partition coefficient (Wildman–Crippen LogP) is 4.31. The number of aromatic hydroxyl groups is 1. The highest BCUT2D eigenvalue weighted by molar-refractivity contribution is 8.21. The fourth-order valence-corrected chi connectivity index (χ4v) is 2.25. The van der Waals surface area contributed by atoms with Crippen LogP contribution in [-0.4, -0.2) is 5.11 Å². The molecule has 0 saturated carbocycles. The van der Waals surface area contributed by atoms with Gasteiger partial charge in [0.1, 0.15) is 5.75 Å². The fraction of sp³-hybridized carbons (Fsp3) is 0. The molecule has 0 unspecified atom stereocenters. The van der Waals surface area contributed by atoms with Gasteiger partial charge in [0.15, 0.2) is 0 Å². The van der Waals surface area contributed by atoms with E-state index >= 15 is 0 Å². The molecule has 0 heterocycles. The number of halogens is 1. The van der Waals surface area contributed by atoms with E-state index in [2.05, 4.69) is 0 Å². The van der Waals surface area contributed by atoms with Crippen molar-refractivity contribution in [2.75, 3.05) is 0 Å². The summed E-state index contributed by atoms with van der Waals surface area (Å²) in [5.74, 6) is 0.274. The monoisotopic (exact) mass is 236 g/mol. The van der Waals surface area contributed by atoms with E-state index in [-0.39, 0.29) is 5.75 Å². The van der Waals surface area contributed by atoms with Crippen LogP contribution in [0.3, 0.4) is 0 Å². The first-order valence-corrected chi connectivity index (χ1v) is 6.13. The molecule has 0 amide bonds. The molecule has 0 radical (unpaired) electrons. The van der Waals surface area contributed by atoms with Crippen LogP contribution in [0.2, 0.25) is 0 Å². The summed E-state index contributed by atoms with van der Waals surface area (Å²) in [5, 5.41) is 9.73. The highest BCUT2D eigenvalue weighted by Gasteiger charge is 2.07. The molecule has 0 bridgehead atoms. The average Bonchev–Trinajstić information content (AvgIpc) is 2.30. The number of para-hydroxylation sites is 1. The van der Waals surface area contributed by atoms with Crippen molar-refractivity contribution in [3.8, 4) is 16.9 Å². The second kappa shape index (κ2) is 4.60. The van der Waals surface area contributed by atoms with E-state index < -0.39 is 0 Å².